The highest BCUT2D eigenvalue weighted by Gasteiger charge is 2.59. The second-order valence-electron chi connectivity index (χ2n) is 7.59. The predicted octanol–water partition coefficient (Wildman–Crippen LogP) is 3.87. The summed E-state index contributed by atoms with van der Waals surface area (Å²) < 4.78 is 0. The van der Waals surface area contributed by atoms with Gasteiger partial charge < -0.3 is 9.80 Å². The van der Waals surface area contributed by atoms with Crippen LogP contribution in [0.15, 0.2) is 73.1 Å². The van der Waals surface area contributed by atoms with Gasteiger partial charge in [0.2, 0.25) is 5.91 Å². The highest BCUT2D eigenvalue weighted by atomic mass is 35.5. The lowest BCUT2D eigenvalue weighted by Crippen LogP contribution is -2.51. The van der Waals surface area contributed by atoms with Crippen molar-refractivity contribution in [2.75, 3.05) is 13.1 Å². The Kier molecular flexibility index (Phi) is 4.55. The molecule has 30 heavy (non-hydrogen) atoms. The SMILES string of the molecule is O=C(CCc1cccnc1)N1CCN2C(=O)c3ccccc3C12c1ccc(Cl)cc1. The Labute approximate surface area is 179 Å². The lowest BCUT2D eigenvalue weighted by atomic mass is 9.89. The van der Waals surface area contributed by atoms with E-state index in [1.807, 2.05) is 70.5 Å². The van der Waals surface area contributed by atoms with Crippen molar-refractivity contribution >= 4 is 23.4 Å². The van der Waals surface area contributed by atoms with Crippen LogP contribution in [0.2, 0.25) is 5.02 Å². The smallest absolute Gasteiger partial charge is 0.256 e. The van der Waals surface area contributed by atoms with Gasteiger partial charge in [-0.1, -0.05) is 48.0 Å². The summed E-state index contributed by atoms with van der Waals surface area (Å²) >= 11 is 6.14. The molecule has 5 nitrogen and oxygen atoms in total. The topological polar surface area (TPSA) is 53.5 Å². The highest BCUT2D eigenvalue weighted by Crippen LogP contribution is 2.49. The Morgan fingerprint density at radius 2 is 1.83 bits per heavy atom. The van der Waals surface area contributed by atoms with Crippen molar-refractivity contribution in [1.29, 1.82) is 0 Å². The van der Waals surface area contributed by atoms with Crippen LogP contribution in [0.5, 0.6) is 0 Å². The fourth-order valence-corrected chi connectivity index (χ4v) is 4.84. The van der Waals surface area contributed by atoms with Crippen molar-refractivity contribution in [2.24, 2.45) is 0 Å². The molecule has 1 saturated heterocycles. The Balaban J connectivity index is 1.58. The van der Waals surface area contributed by atoms with Crippen molar-refractivity contribution in [2.45, 2.75) is 18.5 Å². The van der Waals surface area contributed by atoms with Crippen molar-refractivity contribution in [3.05, 3.63) is 100 Å². The second kappa shape index (κ2) is 7.26. The summed E-state index contributed by atoms with van der Waals surface area (Å²) in [5, 5.41) is 0.617. The minimum absolute atomic E-state index is 0.0146. The van der Waals surface area contributed by atoms with Crippen LogP contribution in [0.3, 0.4) is 0 Å². The van der Waals surface area contributed by atoms with Gasteiger partial charge in [-0.05, 0) is 36.2 Å². The maximum Gasteiger partial charge on any atom is 0.256 e. The number of aryl methyl sites for hydroxylation is 1. The third kappa shape index (κ3) is 2.73. The molecule has 0 saturated carbocycles. The molecule has 0 spiro atoms. The lowest BCUT2D eigenvalue weighted by Gasteiger charge is -2.40. The third-order valence-corrected chi connectivity index (χ3v) is 6.26. The fraction of sp³-hybridized carbons (Fsp3) is 0.208. The largest absolute Gasteiger partial charge is 0.310 e. The Hall–Kier alpha value is -3.18. The lowest BCUT2D eigenvalue weighted by molar-refractivity contribution is -0.136. The number of nitrogens with zero attached hydrogens (tertiary/aromatic N) is 3. The van der Waals surface area contributed by atoms with Gasteiger partial charge >= 0.3 is 0 Å². The first kappa shape index (κ1) is 18.8. The fourth-order valence-electron chi connectivity index (χ4n) is 4.71. The average molecular weight is 418 g/mol. The standard InChI is InChI=1S/C24H20ClN3O2/c25-19-10-8-18(9-11-19)24-21-6-2-1-5-20(21)23(30)28(24)15-14-27(24)22(29)12-7-17-4-3-13-26-16-17/h1-6,8-11,13,16H,7,12,14-15H2. The van der Waals surface area contributed by atoms with Crippen LogP contribution in [0.1, 0.15) is 33.5 Å². The van der Waals surface area contributed by atoms with Gasteiger partial charge in [-0.2, -0.15) is 0 Å². The van der Waals surface area contributed by atoms with Crippen molar-refractivity contribution in [3.63, 3.8) is 0 Å². The highest BCUT2D eigenvalue weighted by molar-refractivity contribution is 6.30. The summed E-state index contributed by atoms with van der Waals surface area (Å²) in [5.41, 5.74) is 2.47. The normalized spacial score (nSPS) is 19.7. The molecule has 2 aromatic carbocycles. The molecular weight excluding hydrogens is 398 g/mol. The van der Waals surface area contributed by atoms with E-state index < -0.39 is 5.66 Å². The van der Waals surface area contributed by atoms with Crippen molar-refractivity contribution < 1.29 is 9.59 Å². The maximum absolute atomic E-state index is 13.5. The van der Waals surface area contributed by atoms with E-state index >= 15 is 0 Å². The van der Waals surface area contributed by atoms with Gasteiger partial charge in [0.15, 0.2) is 5.66 Å². The zero-order chi connectivity index (χ0) is 20.7. The first-order valence-corrected chi connectivity index (χ1v) is 10.4. The van der Waals surface area contributed by atoms with E-state index in [4.69, 9.17) is 11.6 Å². The van der Waals surface area contributed by atoms with Gasteiger partial charge in [0.05, 0.1) is 0 Å². The van der Waals surface area contributed by atoms with Crippen LogP contribution in [0.4, 0.5) is 0 Å². The summed E-state index contributed by atoms with van der Waals surface area (Å²) in [5.74, 6) is -0.0242. The van der Waals surface area contributed by atoms with Crippen molar-refractivity contribution in [1.82, 2.24) is 14.8 Å². The molecule has 6 heteroatoms. The summed E-state index contributed by atoms with van der Waals surface area (Å²) in [7, 11) is 0. The van der Waals surface area contributed by atoms with E-state index in [1.165, 1.54) is 0 Å². The van der Waals surface area contributed by atoms with E-state index in [0.29, 0.717) is 36.5 Å². The Morgan fingerprint density at radius 3 is 2.60 bits per heavy atom. The molecule has 2 aliphatic rings. The molecule has 1 unspecified atom stereocenters. The molecule has 3 heterocycles. The van der Waals surface area contributed by atoms with E-state index in [0.717, 1.165) is 16.7 Å². The monoisotopic (exact) mass is 417 g/mol. The maximum atomic E-state index is 13.5. The molecule has 5 rings (SSSR count). The van der Waals surface area contributed by atoms with Gasteiger partial charge in [0.25, 0.3) is 5.91 Å². The zero-order valence-electron chi connectivity index (χ0n) is 16.3. The zero-order valence-corrected chi connectivity index (χ0v) is 17.0. The van der Waals surface area contributed by atoms with Crippen LogP contribution in [-0.2, 0) is 16.9 Å². The summed E-state index contributed by atoms with van der Waals surface area (Å²) in [6, 6.07) is 18.9. The van der Waals surface area contributed by atoms with Gasteiger partial charge in [-0.3, -0.25) is 14.6 Å². The minimum atomic E-state index is -0.926. The molecule has 150 valence electrons. The first-order chi connectivity index (χ1) is 14.6. The molecular formula is C24H20ClN3O2. The van der Waals surface area contributed by atoms with Crippen LogP contribution in [-0.4, -0.2) is 39.7 Å². The van der Waals surface area contributed by atoms with Crippen LogP contribution < -0.4 is 0 Å². The molecule has 1 atom stereocenters. The predicted molar refractivity (Wildman–Crippen MR) is 114 cm³/mol. The molecule has 2 amide bonds. The first-order valence-electron chi connectivity index (χ1n) is 9.99. The van der Waals surface area contributed by atoms with Crippen LogP contribution in [0.25, 0.3) is 0 Å². The Morgan fingerprint density at radius 1 is 1.03 bits per heavy atom. The van der Waals surface area contributed by atoms with Crippen LogP contribution in [0, 0.1) is 0 Å². The summed E-state index contributed by atoms with van der Waals surface area (Å²) in [4.78, 5) is 34.5. The van der Waals surface area contributed by atoms with E-state index in [-0.39, 0.29) is 11.8 Å². The summed E-state index contributed by atoms with van der Waals surface area (Å²) in [6.45, 7) is 0.989. The molecule has 0 aliphatic carbocycles. The number of fused-ring (bicyclic) bond motifs is 3. The molecule has 0 bridgehead atoms. The molecule has 0 radical (unpaired) electrons. The van der Waals surface area contributed by atoms with Crippen LogP contribution >= 0.6 is 11.6 Å². The number of rotatable bonds is 4. The molecule has 1 fully saturated rings. The molecule has 2 aliphatic heterocycles. The number of hydrogen-bond donors (Lipinski definition) is 0. The average Bonchev–Trinajstić information content (AvgIpc) is 3.29. The summed E-state index contributed by atoms with van der Waals surface area (Å²) in [6.07, 6.45) is 4.47. The number of pyridine rings is 1. The van der Waals surface area contributed by atoms with Gasteiger partial charge in [0.1, 0.15) is 0 Å². The molecule has 1 aromatic heterocycles. The number of carbonyl (C=O) groups excluding carboxylic acids is 2. The number of carbonyl (C=O) groups is 2. The Bertz CT molecular complexity index is 1120. The van der Waals surface area contributed by atoms with Gasteiger partial charge in [0, 0.05) is 53.6 Å². The van der Waals surface area contributed by atoms with Gasteiger partial charge in [-0.25, -0.2) is 0 Å². The number of hydrogen-bond acceptors (Lipinski definition) is 3. The minimum Gasteiger partial charge on any atom is -0.310 e. The number of benzene rings is 2. The van der Waals surface area contributed by atoms with E-state index in [2.05, 4.69) is 4.98 Å². The van der Waals surface area contributed by atoms with E-state index in [1.54, 1.807) is 12.4 Å². The number of amides is 2. The van der Waals surface area contributed by atoms with E-state index in [9.17, 15) is 9.59 Å². The van der Waals surface area contributed by atoms with Gasteiger partial charge in [-0.15, -0.1) is 0 Å². The number of aromatic nitrogens is 1. The third-order valence-electron chi connectivity index (χ3n) is 6.00. The molecule has 3 aromatic rings. The second-order valence-corrected chi connectivity index (χ2v) is 8.02. The van der Waals surface area contributed by atoms with Crippen molar-refractivity contribution in [3.8, 4) is 0 Å². The quantitative estimate of drug-likeness (QED) is 0.647. The number of halogens is 1. The molecule has 0 N–H and O–H groups in total.